The van der Waals surface area contributed by atoms with E-state index in [-0.39, 0.29) is 5.56 Å². The Kier molecular flexibility index (Phi) is 7.33. The third kappa shape index (κ3) is 6.41. The van der Waals surface area contributed by atoms with Crippen molar-refractivity contribution in [1.29, 1.82) is 0 Å². The van der Waals surface area contributed by atoms with E-state index >= 15 is 0 Å². The summed E-state index contributed by atoms with van der Waals surface area (Å²) in [6.07, 6.45) is -1.34. The Bertz CT molecular complexity index is 829. The first-order valence-corrected chi connectivity index (χ1v) is 9.43. The third-order valence-corrected chi connectivity index (χ3v) is 4.15. The van der Waals surface area contributed by atoms with Crippen molar-refractivity contribution in [3.05, 3.63) is 33.9 Å². The van der Waals surface area contributed by atoms with Gasteiger partial charge in [0.25, 0.3) is 11.6 Å². The molecule has 1 aliphatic heterocycles. The van der Waals surface area contributed by atoms with Crippen LogP contribution in [0.25, 0.3) is 0 Å². The average Bonchev–Trinajstić information content (AvgIpc) is 2.66. The van der Waals surface area contributed by atoms with Crippen LogP contribution >= 0.6 is 0 Å². The second-order valence-electron chi connectivity index (χ2n) is 7.80. The molecule has 0 saturated carbocycles. The Morgan fingerprint density at radius 2 is 1.87 bits per heavy atom. The van der Waals surface area contributed by atoms with Gasteiger partial charge in [0.2, 0.25) is 0 Å². The number of ether oxygens (including phenoxy) is 2. The Morgan fingerprint density at radius 1 is 1.23 bits per heavy atom. The Hall–Kier alpha value is -3.21. The number of imide groups is 1. The van der Waals surface area contributed by atoms with Gasteiger partial charge in [-0.3, -0.25) is 20.2 Å². The summed E-state index contributed by atoms with van der Waals surface area (Å²) < 4.78 is 10.4. The number of morpholine rings is 1. The maximum absolute atomic E-state index is 12.6. The molecule has 1 heterocycles. The molecule has 30 heavy (non-hydrogen) atoms. The van der Waals surface area contributed by atoms with Crippen molar-refractivity contribution in [1.82, 2.24) is 10.6 Å². The number of carbonyl (C=O) groups is 3. The number of rotatable bonds is 5. The van der Waals surface area contributed by atoms with E-state index in [1.54, 1.807) is 26.8 Å². The van der Waals surface area contributed by atoms with Crippen LogP contribution in [0.15, 0.2) is 18.2 Å². The van der Waals surface area contributed by atoms with E-state index in [4.69, 9.17) is 9.47 Å². The van der Waals surface area contributed by atoms with Gasteiger partial charge in [0.1, 0.15) is 5.56 Å². The second kappa shape index (κ2) is 9.53. The summed E-state index contributed by atoms with van der Waals surface area (Å²) in [5.41, 5.74) is -0.666. The van der Waals surface area contributed by atoms with Gasteiger partial charge in [0, 0.05) is 30.4 Å². The normalized spacial score (nSPS) is 15.1. The van der Waals surface area contributed by atoms with E-state index in [0.29, 0.717) is 32.0 Å². The molecule has 2 N–H and O–H groups in total. The van der Waals surface area contributed by atoms with Crippen molar-refractivity contribution in [2.45, 2.75) is 39.3 Å². The number of nitro groups is 1. The first-order valence-electron chi connectivity index (χ1n) is 9.43. The molecule has 0 aromatic heterocycles. The predicted octanol–water partition coefficient (Wildman–Crippen LogP) is 1.60. The number of hydrogen-bond acceptors (Lipinski definition) is 8. The molecular formula is C19H26N4O7. The van der Waals surface area contributed by atoms with E-state index < -0.39 is 40.2 Å². The number of esters is 1. The number of urea groups is 1. The maximum atomic E-state index is 12.6. The molecule has 1 aromatic rings. The monoisotopic (exact) mass is 422 g/mol. The topological polar surface area (TPSA) is 140 Å². The SMILES string of the molecule is CC(OC(=O)c1cc(N2CCOCC2)ccc1[N+](=O)[O-])C(=O)NC(=O)NC(C)(C)C. The summed E-state index contributed by atoms with van der Waals surface area (Å²) in [6, 6.07) is 3.40. The fraction of sp³-hybridized carbons (Fsp3) is 0.526. The Balaban J connectivity index is 2.13. The minimum absolute atomic E-state index is 0.275. The number of carbonyl (C=O) groups excluding carboxylic acids is 3. The zero-order valence-electron chi connectivity index (χ0n) is 17.4. The molecule has 164 valence electrons. The highest BCUT2D eigenvalue weighted by Gasteiger charge is 2.28. The molecule has 1 saturated heterocycles. The van der Waals surface area contributed by atoms with Crippen molar-refractivity contribution in [2.75, 3.05) is 31.2 Å². The van der Waals surface area contributed by atoms with E-state index in [1.807, 2.05) is 4.90 Å². The molecular weight excluding hydrogens is 396 g/mol. The Morgan fingerprint density at radius 3 is 2.43 bits per heavy atom. The van der Waals surface area contributed by atoms with Crippen LogP contribution < -0.4 is 15.5 Å². The van der Waals surface area contributed by atoms with Crippen molar-refractivity contribution >= 4 is 29.3 Å². The summed E-state index contributed by atoms with van der Waals surface area (Å²) >= 11 is 0. The van der Waals surface area contributed by atoms with Crippen LogP contribution in [0.4, 0.5) is 16.2 Å². The van der Waals surface area contributed by atoms with Gasteiger partial charge in [-0.05, 0) is 39.8 Å². The standard InChI is InChI=1S/C19H26N4O7/c1-12(16(24)20-18(26)21-19(2,3)4)30-17(25)14-11-13(5-6-15(14)23(27)28)22-7-9-29-10-8-22/h5-6,11-12H,7-10H2,1-4H3,(H2,20,21,24,26). The van der Waals surface area contributed by atoms with Crippen LogP contribution in [0.3, 0.4) is 0 Å². The number of nitrogens with one attached hydrogen (secondary N) is 2. The molecule has 11 heteroatoms. The lowest BCUT2D eigenvalue weighted by Crippen LogP contribution is -2.50. The summed E-state index contributed by atoms with van der Waals surface area (Å²) in [7, 11) is 0. The minimum atomic E-state index is -1.34. The third-order valence-electron chi connectivity index (χ3n) is 4.15. The highest BCUT2D eigenvalue weighted by Crippen LogP contribution is 2.26. The minimum Gasteiger partial charge on any atom is -0.449 e. The summed E-state index contributed by atoms with van der Waals surface area (Å²) in [6.45, 7) is 8.65. The molecule has 11 nitrogen and oxygen atoms in total. The molecule has 0 aliphatic carbocycles. The van der Waals surface area contributed by atoms with Crippen LogP contribution in [0.2, 0.25) is 0 Å². The molecule has 1 fully saturated rings. The number of nitrogens with zero attached hydrogens (tertiary/aromatic N) is 2. The van der Waals surface area contributed by atoms with Crippen LogP contribution in [-0.2, 0) is 14.3 Å². The van der Waals surface area contributed by atoms with Crippen LogP contribution in [0.1, 0.15) is 38.1 Å². The van der Waals surface area contributed by atoms with Gasteiger partial charge in [-0.1, -0.05) is 0 Å². The lowest BCUT2D eigenvalue weighted by molar-refractivity contribution is -0.385. The van der Waals surface area contributed by atoms with E-state index in [0.717, 1.165) is 0 Å². The summed E-state index contributed by atoms with van der Waals surface area (Å²) in [5, 5.41) is 16.0. The van der Waals surface area contributed by atoms with E-state index in [2.05, 4.69) is 10.6 Å². The van der Waals surface area contributed by atoms with Crippen molar-refractivity contribution in [3.63, 3.8) is 0 Å². The van der Waals surface area contributed by atoms with Crippen LogP contribution in [0, 0.1) is 10.1 Å². The quantitative estimate of drug-likeness (QED) is 0.414. The lowest BCUT2D eigenvalue weighted by Gasteiger charge is -2.29. The summed E-state index contributed by atoms with van der Waals surface area (Å²) in [4.78, 5) is 49.1. The van der Waals surface area contributed by atoms with Crippen molar-refractivity contribution in [2.24, 2.45) is 0 Å². The highest BCUT2D eigenvalue weighted by atomic mass is 16.6. The smallest absolute Gasteiger partial charge is 0.346 e. The van der Waals surface area contributed by atoms with Gasteiger partial charge in [-0.15, -0.1) is 0 Å². The second-order valence-corrected chi connectivity index (χ2v) is 7.80. The molecule has 1 aliphatic rings. The molecule has 0 radical (unpaired) electrons. The zero-order chi connectivity index (χ0) is 22.5. The largest absolute Gasteiger partial charge is 0.449 e. The van der Waals surface area contributed by atoms with Gasteiger partial charge < -0.3 is 19.7 Å². The number of hydrogen-bond donors (Lipinski definition) is 2. The van der Waals surface area contributed by atoms with E-state index in [1.165, 1.54) is 19.1 Å². The molecule has 1 atom stereocenters. The number of amides is 3. The summed E-state index contributed by atoms with van der Waals surface area (Å²) in [5.74, 6) is -1.88. The van der Waals surface area contributed by atoms with Crippen molar-refractivity contribution < 1.29 is 28.8 Å². The number of anilines is 1. The fourth-order valence-corrected chi connectivity index (χ4v) is 2.73. The van der Waals surface area contributed by atoms with Crippen LogP contribution in [0.5, 0.6) is 0 Å². The molecule has 1 unspecified atom stereocenters. The highest BCUT2D eigenvalue weighted by molar-refractivity contribution is 6.00. The van der Waals surface area contributed by atoms with Gasteiger partial charge in [0.15, 0.2) is 6.10 Å². The predicted molar refractivity (Wildman–Crippen MR) is 107 cm³/mol. The first kappa shape index (κ1) is 23.1. The van der Waals surface area contributed by atoms with Gasteiger partial charge in [0.05, 0.1) is 18.1 Å². The molecule has 3 amide bonds. The van der Waals surface area contributed by atoms with Gasteiger partial charge >= 0.3 is 12.0 Å². The zero-order valence-corrected chi connectivity index (χ0v) is 17.4. The van der Waals surface area contributed by atoms with E-state index in [9.17, 15) is 24.5 Å². The van der Waals surface area contributed by atoms with Gasteiger partial charge in [-0.25, -0.2) is 9.59 Å². The number of benzene rings is 1. The van der Waals surface area contributed by atoms with Crippen molar-refractivity contribution in [3.8, 4) is 0 Å². The average molecular weight is 422 g/mol. The molecule has 0 spiro atoms. The number of nitro benzene ring substituents is 1. The maximum Gasteiger partial charge on any atom is 0.346 e. The van der Waals surface area contributed by atoms with Gasteiger partial charge in [-0.2, -0.15) is 0 Å². The molecule has 2 rings (SSSR count). The molecule has 0 bridgehead atoms. The molecule has 1 aromatic carbocycles. The Labute approximate surface area is 173 Å². The van der Waals surface area contributed by atoms with Crippen LogP contribution in [-0.4, -0.2) is 60.8 Å². The first-order chi connectivity index (χ1) is 14.0. The lowest BCUT2D eigenvalue weighted by atomic mass is 10.1. The fourth-order valence-electron chi connectivity index (χ4n) is 2.73.